The number of aliphatic hydroxyl groups is 1. The minimum absolute atomic E-state index is 0.00729. The molecule has 30 heavy (non-hydrogen) atoms. The number of carbonyl (C=O) groups excluding carboxylic acids is 1. The van der Waals surface area contributed by atoms with E-state index in [4.69, 9.17) is 33.5 Å². The Balaban J connectivity index is 2.30. The van der Waals surface area contributed by atoms with Crippen LogP contribution in [0.5, 0.6) is 0 Å². The summed E-state index contributed by atoms with van der Waals surface area (Å²) in [6.45, 7) is -1.04. The molecule has 0 aromatic carbocycles. The van der Waals surface area contributed by atoms with Gasteiger partial charge in [-0.2, -0.15) is 0 Å². The van der Waals surface area contributed by atoms with E-state index in [9.17, 15) is 19.5 Å². The lowest BCUT2D eigenvalue weighted by Crippen LogP contribution is -2.43. The van der Waals surface area contributed by atoms with Crippen LogP contribution in [0.15, 0.2) is 21.9 Å². The predicted molar refractivity (Wildman–Crippen MR) is 105 cm³/mol. The van der Waals surface area contributed by atoms with E-state index in [2.05, 4.69) is 22.7 Å². The summed E-state index contributed by atoms with van der Waals surface area (Å²) in [5.74, 6) is 6.48. The number of nitrogens with zero attached hydrogens (tertiary/aromatic N) is 2. The summed E-state index contributed by atoms with van der Waals surface area (Å²) in [5, 5.41) is 9.66. The summed E-state index contributed by atoms with van der Waals surface area (Å²) in [7, 11) is 0. The zero-order chi connectivity index (χ0) is 22.1. The largest absolute Gasteiger partial charge is 0.394 e. The van der Waals surface area contributed by atoms with Gasteiger partial charge in [-0.3, -0.25) is 19.1 Å². The minimum atomic E-state index is -1.10. The van der Waals surface area contributed by atoms with Crippen molar-refractivity contribution in [2.45, 2.75) is 24.5 Å². The summed E-state index contributed by atoms with van der Waals surface area (Å²) in [6.07, 6.45) is 13.1. The molecule has 0 spiro atoms. The minimum Gasteiger partial charge on any atom is -0.394 e. The second-order valence-corrected chi connectivity index (χ2v) is 6.18. The number of H-pyrrole nitrogens is 1. The number of hydrogen-bond donors (Lipinski definition) is 2. The van der Waals surface area contributed by atoms with Crippen LogP contribution in [0.2, 0.25) is 0 Å². The maximum absolute atomic E-state index is 12.4. The van der Waals surface area contributed by atoms with Gasteiger partial charge in [-0.25, -0.2) is 4.79 Å². The molecule has 0 bridgehead atoms. The van der Waals surface area contributed by atoms with Crippen molar-refractivity contribution in [2.75, 3.05) is 32.9 Å². The number of aromatic amines is 1. The Morgan fingerprint density at radius 1 is 1.20 bits per heavy atom. The van der Waals surface area contributed by atoms with Crippen molar-refractivity contribution in [1.29, 1.82) is 0 Å². The van der Waals surface area contributed by atoms with E-state index in [1.807, 2.05) is 0 Å². The maximum atomic E-state index is 12.4. The first-order valence-corrected chi connectivity index (χ1v) is 8.86. The Morgan fingerprint density at radius 3 is 2.47 bits per heavy atom. The van der Waals surface area contributed by atoms with Crippen LogP contribution in [0.1, 0.15) is 6.23 Å². The topological polar surface area (TPSA) is 123 Å². The molecule has 0 saturated carbocycles. The van der Waals surface area contributed by atoms with Crippen molar-refractivity contribution >= 4 is 5.91 Å². The Morgan fingerprint density at radius 2 is 1.90 bits per heavy atom. The van der Waals surface area contributed by atoms with Crippen molar-refractivity contribution in [3.05, 3.63) is 33.1 Å². The molecule has 1 fully saturated rings. The molecule has 1 aromatic rings. The van der Waals surface area contributed by atoms with Gasteiger partial charge in [0.25, 0.3) is 5.56 Å². The molecule has 10 nitrogen and oxygen atoms in total. The number of aromatic nitrogens is 2. The number of terminal acetylenes is 3. The lowest BCUT2D eigenvalue weighted by atomic mass is 10.1. The van der Waals surface area contributed by atoms with E-state index < -0.39 is 54.9 Å². The monoisotopic (exact) mass is 415 g/mol. The molecule has 2 heterocycles. The van der Waals surface area contributed by atoms with Crippen molar-refractivity contribution < 1.29 is 24.1 Å². The van der Waals surface area contributed by atoms with Crippen LogP contribution in [0.25, 0.3) is 0 Å². The molecule has 4 atom stereocenters. The molecule has 2 N–H and O–H groups in total. The average Bonchev–Trinajstić information content (AvgIpc) is 3.07. The molecule has 10 heteroatoms. The zero-order valence-electron chi connectivity index (χ0n) is 16.0. The van der Waals surface area contributed by atoms with Gasteiger partial charge in [0, 0.05) is 12.3 Å². The quantitative estimate of drug-likeness (QED) is 0.444. The van der Waals surface area contributed by atoms with Crippen LogP contribution in [-0.2, 0) is 19.0 Å². The SMILES string of the molecule is C#CCO[C@H]1[C@@H](OCC(=O)N(CC#C)CC#C)[C@H](n2ccc(=O)[nH]c2=O)O[C@@H]1CO. The number of aliphatic hydroxyl groups excluding tert-OH is 1. The highest BCUT2D eigenvalue weighted by Crippen LogP contribution is 2.32. The van der Waals surface area contributed by atoms with Crippen molar-refractivity contribution in [3.8, 4) is 37.0 Å². The first-order chi connectivity index (χ1) is 14.5. The lowest BCUT2D eigenvalue weighted by Gasteiger charge is -2.25. The Labute approximate surface area is 172 Å². The Bertz CT molecular complexity index is 962. The van der Waals surface area contributed by atoms with E-state index in [1.54, 1.807) is 0 Å². The van der Waals surface area contributed by atoms with Gasteiger partial charge in [-0.05, 0) is 0 Å². The molecule has 1 aliphatic heterocycles. The van der Waals surface area contributed by atoms with Crippen molar-refractivity contribution in [2.24, 2.45) is 0 Å². The Kier molecular flexibility index (Phi) is 8.42. The second-order valence-electron chi connectivity index (χ2n) is 6.18. The van der Waals surface area contributed by atoms with Crippen LogP contribution in [0.3, 0.4) is 0 Å². The Hall–Kier alpha value is -3.33. The zero-order valence-corrected chi connectivity index (χ0v) is 16.0. The number of hydrogen-bond acceptors (Lipinski definition) is 7. The average molecular weight is 415 g/mol. The predicted octanol–water partition coefficient (Wildman–Crippen LogP) is -2.08. The highest BCUT2D eigenvalue weighted by molar-refractivity contribution is 5.78. The van der Waals surface area contributed by atoms with Gasteiger partial charge in [0.15, 0.2) is 6.23 Å². The summed E-state index contributed by atoms with van der Waals surface area (Å²) in [6, 6.07) is 1.12. The van der Waals surface area contributed by atoms with Gasteiger partial charge in [0.2, 0.25) is 5.91 Å². The first-order valence-electron chi connectivity index (χ1n) is 8.86. The lowest BCUT2D eigenvalue weighted by molar-refractivity contribution is -0.143. The molecule has 0 radical (unpaired) electrons. The number of amides is 1. The highest BCUT2D eigenvalue weighted by Gasteiger charge is 2.47. The maximum Gasteiger partial charge on any atom is 0.330 e. The molecule has 1 aliphatic rings. The number of rotatable bonds is 9. The van der Waals surface area contributed by atoms with Gasteiger partial charge < -0.3 is 24.2 Å². The molecule has 2 rings (SSSR count). The molecule has 1 aromatic heterocycles. The first kappa shape index (κ1) is 23.0. The molecule has 0 unspecified atom stereocenters. The van der Waals surface area contributed by atoms with Gasteiger partial charge >= 0.3 is 5.69 Å². The van der Waals surface area contributed by atoms with Crippen LogP contribution in [0.4, 0.5) is 0 Å². The third-order valence-electron chi connectivity index (χ3n) is 4.27. The van der Waals surface area contributed by atoms with Crippen LogP contribution >= 0.6 is 0 Å². The smallest absolute Gasteiger partial charge is 0.330 e. The summed E-state index contributed by atoms with van der Waals surface area (Å²) < 4.78 is 18.0. The third-order valence-corrected chi connectivity index (χ3v) is 4.27. The normalized spacial score (nSPS) is 22.6. The summed E-state index contributed by atoms with van der Waals surface area (Å²) >= 11 is 0. The molecule has 158 valence electrons. The number of ether oxygens (including phenoxy) is 3. The number of carbonyl (C=O) groups is 1. The molecule has 1 amide bonds. The summed E-state index contributed by atoms with van der Waals surface area (Å²) in [4.78, 5) is 39.4. The fraction of sp³-hybridized carbons (Fsp3) is 0.450. The van der Waals surface area contributed by atoms with E-state index >= 15 is 0 Å². The second kappa shape index (κ2) is 11.0. The fourth-order valence-electron chi connectivity index (χ4n) is 2.94. The van der Waals surface area contributed by atoms with Gasteiger partial charge in [0.1, 0.15) is 31.5 Å². The van der Waals surface area contributed by atoms with Crippen LogP contribution in [-0.4, -0.2) is 76.7 Å². The molecule has 0 aliphatic carbocycles. The van der Waals surface area contributed by atoms with E-state index in [1.165, 1.54) is 11.1 Å². The van der Waals surface area contributed by atoms with Gasteiger partial charge in [-0.1, -0.05) is 17.8 Å². The van der Waals surface area contributed by atoms with Gasteiger partial charge in [0.05, 0.1) is 19.7 Å². The van der Waals surface area contributed by atoms with Crippen LogP contribution < -0.4 is 11.2 Å². The summed E-state index contributed by atoms with van der Waals surface area (Å²) in [5.41, 5.74) is -1.36. The molecule has 1 saturated heterocycles. The number of nitrogens with one attached hydrogen (secondary N) is 1. The van der Waals surface area contributed by atoms with Crippen LogP contribution in [0, 0.1) is 37.0 Å². The third kappa shape index (κ3) is 5.38. The molecular weight excluding hydrogens is 394 g/mol. The van der Waals surface area contributed by atoms with E-state index in [0.29, 0.717) is 0 Å². The van der Waals surface area contributed by atoms with Crippen molar-refractivity contribution in [1.82, 2.24) is 14.5 Å². The van der Waals surface area contributed by atoms with E-state index in [-0.39, 0.29) is 19.7 Å². The standard InChI is InChI=1S/C20H21N3O7/c1-4-8-22(9-5-2)16(26)13-29-18-17(28-11-6-3)14(12-24)30-19(18)23-10-7-15(25)21-20(23)27/h1-3,7,10,14,17-19,24H,8-9,11-13H2,(H,21,25,27)/t14-,17-,18-,19-/m1/s1. The van der Waals surface area contributed by atoms with Gasteiger partial charge in [-0.15, -0.1) is 19.3 Å². The van der Waals surface area contributed by atoms with Crippen molar-refractivity contribution in [3.63, 3.8) is 0 Å². The highest BCUT2D eigenvalue weighted by atomic mass is 16.6. The fourth-order valence-corrected chi connectivity index (χ4v) is 2.94. The van der Waals surface area contributed by atoms with E-state index in [0.717, 1.165) is 10.6 Å². The molecular formula is C20H21N3O7.